The van der Waals surface area contributed by atoms with Gasteiger partial charge in [-0.05, 0) is 26.0 Å². The van der Waals surface area contributed by atoms with Crippen molar-refractivity contribution in [2.45, 2.75) is 25.9 Å². The highest BCUT2D eigenvalue weighted by atomic mass is 16.2. The maximum absolute atomic E-state index is 12.0. The number of nitrogens with one attached hydrogen (secondary N) is 1. The van der Waals surface area contributed by atoms with E-state index in [2.05, 4.69) is 41.4 Å². The summed E-state index contributed by atoms with van der Waals surface area (Å²) in [7, 11) is 1.82. The first-order valence-corrected chi connectivity index (χ1v) is 7.41. The van der Waals surface area contributed by atoms with E-state index in [0.29, 0.717) is 12.6 Å². The fourth-order valence-corrected chi connectivity index (χ4v) is 2.67. The van der Waals surface area contributed by atoms with Crippen LogP contribution in [0.4, 0.5) is 0 Å². The van der Waals surface area contributed by atoms with Crippen LogP contribution in [-0.4, -0.2) is 55.0 Å². The van der Waals surface area contributed by atoms with Gasteiger partial charge in [-0.1, -0.05) is 30.3 Å². The van der Waals surface area contributed by atoms with Gasteiger partial charge in [-0.3, -0.25) is 9.69 Å². The third kappa shape index (κ3) is 4.05. The fourth-order valence-electron chi connectivity index (χ4n) is 2.67. The third-order valence-corrected chi connectivity index (χ3v) is 4.01. The Morgan fingerprint density at radius 3 is 2.70 bits per heavy atom. The summed E-state index contributed by atoms with van der Waals surface area (Å²) in [6.45, 7) is 6.31. The molecule has 1 unspecified atom stereocenters. The molecule has 2 rings (SSSR count). The number of rotatable bonds is 4. The van der Waals surface area contributed by atoms with Gasteiger partial charge in [0.2, 0.25) is 5.91 Å². The van der Waals surface area contributed by atoms with Crippen molar-refractivity contribution in [2.24, 2.45) is 0 Å². The number of hydrogen-bond acceptors (Lipinski definition) is 3. The quantitative estimate of drug-likeness (QED) is 0.900. The number of hydrogen-bond donors (Lipinski definition) is 1. The second-order valence-electron chi connectivity index (χ2n) is 5.50. The van der Waals surface area contributed by atoms with E-state index in [1.54, 1.807) is 0 Å². The van der Waals surface area contributed by atoms with Crippen LogP contribution < -0.4 is 5.32 Å². The van der Waals surface area contributed by atoms with E-state index < -0.39 is 0 Å². The zero-order valence-electron chi connectivity index (χ0n) is 12.5. The standard InChI is InChI=1S/C16H25N3O/c1-14-8-9-18(16(20)12-17-2)10-11-19(14)13-15-6-4-3-5-7-15/h3-7,14,17H,8-13H2,1-2H3. The Balaban J connectivity index is 1.94. The number of likely N-dealkylation sites (N-methyl/N-ethyl adjacent to an activating group) is 1. The molecule has 4 nitrogen and oxygen atoms in total. The summed E-state index contributed by atoms with van der Waals surface area (Å²) in [5.41, 5.74) is 1.34. The van der Waals surface area contributed by atoms with Crippen LogP contribution in [-0.2, 0) is 11.3 Å². The van der Waals surface area contributed by atoms with Crippen molar-refractivity contribution in [3.63, 3.8) is 0 Å². The molecule has 1 atom stereocenters. The van der Waals surface area contributed by atoms with Gasteiger partial charge in [0.1, 0.15) is 0 Å². The van der Waals surface area contributed by atoms with Crippen molar-refractivity contribution in [2.75, 3.05) is 33.2 Å². The third-order valence-electron chi connectivity index (χ3n) is 4.01. The normalized spacial score (nSPS) is 20.7. The van der Waals surface area contributed by atoms with Crippen LogP contribution in [0, 0.1) is 0 Å². The van der Waals surface area contributed by atoms with E-state index >= 15 is 0 Å². The van der Waals surface area contributed by atoms with Gasteiger partial charge in [0.05, 0.1) is 6.54 Å². The van der Waals surface area contributed by atoms with E-state index in [1.807, 2.05) is 18.0 Å². The number of benzene rings is 1. The number of amides is 1. The van der Waals surface area contributed by atoms with Crippen LogP contribution >= 0.6 is 0 Å². The maximum Gasteiger partial charge on any atom is 0.236 e. The van der Waals surface area contributed by atoms with E-state index in [4.69, 9.17) is 0 Å². The number of carbonyl (C=O) groups excluding carboxylic acids is 1. The monoisotopic (exact) mass is 275 g/mol. The first kappa shape index (κ1) is 15.0. The molecule has 1 saturated heterocycles. The molecule has 0 saturated carbocycles. The van der Waals surface area contributed by atoms with Crippen molar-refractivity contribution in [1.82, 2.24) is 15.1 Å². The Bertz CT molecular complexity index is 421. The lowest BCUT2D eigenvalue weighted by Gasteiger charge is -2.26. The summed E-state index contributed by atoms with van der Waals surface area (Å²) in [6, 6.07) is 11.1. The first-order valence-electron chi connectivity index (χ1n) is 7.41. The molecule has 1 amide bonds. The molecule has 1 aliphatic heterocycles. The second kappa shape index (κ2) is 7.41. The van der Waals surface area contributed by atoms with Gasteiger partial charge < -0.3 is 10.2 Å². The largest absolute Gasteiger partial charge is 0.340 e. The minimum Gasteiger partial charge on any atom is -0.340 e. The number of nitrogens with zero attached hydrogens (tertiary/aromatic N) is 2. The van der Waals surface area contributed by atoms with Gasteiger partial charge in [0.15, 0.2) is 0 Å². The summed E-state index contributed by atoms with van der Waals surface area (Å²) >= 11 is 0. The summed E-state index contributed by atoms with van der Waals surface area (Å²) in [5, 5.41) is 2.94. The van der Waals surface area contributed by atoms with Gasteiger partial charge in [0.25, 0.3) is 0 Å². The Labute approximate surface area is 121 Å². The van der Waals surface area contributed by atoms with E-state index in [1.165, 1.54) is 5.56 Å². The Hall–Kier alpha value is -1.39. The molecule has 4 heteroatoms. The average molecular weight is 275 g/mol. The smallest absolute Gasteiger partial charge is 0.236 e. The highest BCUT2D eigenvalue weighted by molar-refractivity contribution is 5.78. The van der Waals surface area contributed by atoms with Gasteiger partial charge in [-0.2, -0.15) is 0 Å². The lowest BCUT2D eigenvalue weighted by molar-refractivity contribution is -0.130. The molecule has 1 N–H and O–H groups in total. The van der Waals surface area contributed by atoms with Crippen LogP contribution in [0.1, 0.15) is 18.9 Å². The molecule has 110 valence electrons. The van der Waals surface area contributed by atoms with Crippen LogP contribution in [0.15, 0.2) is 30.3 Å². The van der Waals surface area contributed by atoms with E-state index in [-0.39, 0.29) is 5.91 Å². The highest BCUT2D eigenvalue weighted by Crippen LogP contribution is 2.14. The van der Waals surface area contributed by atoms with E-state index in [9.17, 15) is 4.79 Å². The molecular weight excluding hydrogens is 250 g/mol. The molecule has 0 spiro atoms. The minimum absolute atomic E-state index is 0.210. The zero-order valence-corrected chi connectivity index (χ0v) is 12.5. The molecule has 1 aromatic rings. The molecule has 1 aromatic carbocycles. The average Bonchev–Trinajstić information content (AvgIpc) is 2.63. The van der Waals surface area contributed by atoms with Crippen molar-refractivity contribution in [1.29, 1.82) is 0 Å². The topological polar surface area (TPSA) is 35.6 Å². The summed E-state index contributed by atoms with van der Waals surface area (Å²) in [5.74, 6) is 0.210. The molecule has 1 aliphatic rings. The second-order valence-corrected chi connectivity index (χ2v) is 5.50. The lowest BCUT2D eigenvalue weighted by Crippen LogP contribution is -2.39. The predicted octanol–water partition coefficient (Wildman–Crippen LogP) is 1.33. The summed E-state index contributed by atoms with van der Waals surface area (Å²) in [4.78, 5) is 16.4. The molecule has 20 heavy (non-hydrogen) atoms. The van der Waals surface area contributed by atoms with Crippen LogP contribution in [0.2, 0.25) is 0 Å². The SMILES string of the molecule is CNCC(=O)N1CCC(C)N(Cc2ccccc2)CC1. The van der Waals surface area contributed by atoms with Crippen LogP contribution in [0.3, 0.4) is 0 Å². The van der Waals surface area contributed by atoms with Crippen molar-refractivity contribution in [3.05, 3.63) is 35.9 Å². The fraction of sp³-hybridized carbons (Fsp3) is 0.562. The molecule has 0 aromatic heterocycles. The molecule has 0 aliphatic carbocycles. The first-order chi connectivity index (χ1) is 9.70. The highest BCUT2D eigenvalue weighted by Gasteiger charge is 2.23. The maximum atomic E-state index is 12.0. The molecule has 1 heterocycles. The van der Waals surface area contributed by atoms with Crippen molar-refractivity contribution in [3.8, 4) is 0 Å². The van der Waals surface area contributed by atoms with Gasteiger partial charge >= 0.3 is 0 Å². The van der Waals surface area contributed by atoms with Crippen molar-refractivity contribution >= 4 is 5.91 Å². The lowest BCUT2D eigenvalue weighted by atomic mass is 10.1. The summed E-state index contributed by atoms with van der Waals surface area (Å²) < 4.78 is 0. The Morgan fingerprint density at radius 1 is 1.25 bits per heavy atom. The zero-order chi connectivity index (χ0) is 14.4. The predicted molar refractivity (Wildman–Crippen MR) is 81.4 cm³/mol. The number of carbonyl (C=O) groups is 1. The molecule has 0 radical (unpaired) electrons. The van der Waals surface area contributed by atoms with Crippen molar-refractivity contribution < 1.29 is 4.79 Å². The molecule has 1 fully saturated rings. The molecule has 0 bridgehead atoms. The summed E-state index contributed by atoms with van der Waals surface area (Å²) in [6.07, 6.45) is 1.04. The van der Waals surface area contributed by atoms with Gasteiger partial charge in [-0.25, -0.2) is 0 Å². The van der Waals surface area contributed by atoms with Gasteiger partial charge in [0, 0.05) is 32.2 Å². The van der Waals surface area contributed by atoms with Crippen LogP contribution in [0.25, 0.3) is 0 Å². The minimum atomic E-state index is 0.210. The van der Waals surface area contributed by atoms with E-state index in [0.717, 1.165) is 32.6 Å². The Morgan fingerprint density at radius 2 is 2.00 bits per heavy atom. The van der Waals surface area contributed by atoms with Gasteiger partial charge in [-0.15, -0.1) is 0 Å². The Kier molecular flexibility index (Phi) is 5.56. The van der Waals surface area contributed by atoms with Crippen LogP contribution in [0.5, 0.6) is 0 Å². The molecular formula is C16H25N3O.